The lowest BCUT2D eigenvalue weighted by Crippen LogP contribution is -2.41. The quantitative estimate of drug-likeness (QED) is 0.547. The van der Waals surface area contributed by atoms with Crippen molar-refractivity contribution in [1.29, 1.82) is 0 Å². The smallest absolute Gasteiger partial charge is 0.206 e. The van der Waals surface area contributed by atoms with Gasteiger partial charge in [-0.05, 0) is 39.4 Å². The molecule has 0 bridgehead atoms. The Morgan fingerprint density at radius 3 is 2.79 bits per heavy atom. The summed E-state index contributed by atoms with van der Waals surface area (Å²) in [7, 11) is 3.58. The number of halogens is 1. The van der Waals surface area contributed by atoms with Crippen LogP contribution in [-0.2, 0) is 4.18 Å². The molecule has 0 aromatic heterocycles. The Kier molecular flexibility index (Phi) is 3.59. The van der Waals surface area contributed by atoms with Crippen molar-refractivity contribution in [2.45, 2.75) is 19.3 Å². The van der Waals surface area contributed by atoms with Crippen LogP contribution in [0.1, 0.15) is 19.3 Å². The molecule has 0 aliphatic carbocycles. The van der Waals surface area contributed by atoms with Crippen molar-refractivity contribution < 1.29 is 4.18 Å². The molecule has 0 aromatic carbocycles. The van der Waals surface area contributed by atoms with E-state index >= 15 is 0 Å². The van der Waals surface area contributed by atoms with E-state index in [1.165, 1.54) is 41.6 Å². The van der Waals surface area contributed by atoms with E-state index in [1.54, 1.807) is 0 Å². The predicted molar refractivity (Wildman–Crippen MR) is 68.8 cm³/mol. The van der Waals surface area contributed by atoms with Crippen LogP contribution in [0.5, 0.6) is 0 Å². The van der Waals surface area contributed by atoms with Gasteiger partial charge < -0.3 is 9.08 Å². The highest BCUT2D eigenvalue weighted by Gasteiger charge is 2.43. The molecule has 1 fully saturated rings. The summed E-state index contributed by atoms with van der Waals surface area (Å²) in [6.07, 6.45) is 3.60. The minimum absolute atomic E-state index is 0.282. The van der Waals surface area contributed by atoms with Gasteiger partial charge in [0, 0.05) is 27.8 Å². The minimum Gasteiger partial charge on any atom is -0.399 e. The van der Waals surface area contributed by atoms with Crippen LogP contribution in [0.15, 0.2) is 4.99 Å². The fourth-order valence-electron chi connectivity index (χ4n) is 2.30. The van der Waals surface area contributed by atoms with E-state index in [0.29, 0.717) is 0 Å². The molecule has 2 heterocycles. The molecule has 0 radical (unpaired) electrons. The van der Waals surface area contributed by atoms with Gasteiger partial charge in [0.25, 0.3) is 0 Å². The number of hydrogen-bond acceptors (Lipinski definition) is 4. The van der Waals surface area contributed by atoms with E-state index in [-0.39, 0.29) is 5.41 Å². The fraction of sp³-hybridized carbons (Fsp3) is 0.889. The zero-order valence-corrected chi connectivity index (χ0v) is 11.3. The van der Waals surface area contributed by atoms with Gasteiger partial charge in [-0.25, -0.2) is 0 Å². The summed E-state index contributed by atoms with van der Waals surface area (Å²) in [6.45, 7) is 3.30. The van der Waals surface area contributed by atoms with Gasteiger partial charge in [0.2, 0.25) is 5.90 Å². The Morgan fingerprint density at radius 1 is 1.43 bits per heavy atom. The number of piperidine rings is 1. The number of aliphatic imine (C=N–C) groups is 1. The molecule has 1 saturated heterocycles. The number of nitrogens with zero attached hydrogens (tertiary/aromatic N) is 2. The molecule has 0 atom stereocenters. The van der Waals surface area contributed by atoms with Crippen molar-refractivity contribution in [3.8, 4) is 0 Å². The maximum atomic E-state index is 5.57. The van der Waals surface area contributed by atoms with E-state index in [2.05, 4.69) is 38.1 Å². The summed E-state index contributed by atoms with van der Waals surface area (Å²) < 4.78 is 5.57. The largest absolute Gasteiger partial charge is 0.399 e. The molecule has 2 aliphatic rings. The summed E-state index contributed by atoms with van der Waals surface area (Å²) in [4.78, 5) is 6.86. The van der Waals surface area contributed by atoms with Crippen LogP contribution in [0.2, 0.25) is 0 Å². The molecule has 0 N–H and O–H groups in total. The molecular formula is C9H15IN2OS. The first-order valence-electron chi connectivity index (χ1n) is 4.96. The first kappa shape index (κ1) is 11.0. The molecule has 0 amide bonds. The van der Waals surface area contributed by atoms with Gasteiger partial charge >= 0.3 is 0 Å². The second kappa shape index (κ2) is 4.57. The van der Waals surface area contributed by atoms with E-state index in [0.717, 1.165) is 12.4 Å². The summed E-state index contributed by atoms with van der Waals surface area (Å²) >= 11 is 2.16. The van der Waals surface area contributed by atoms with Gasteiger partial charge in [-0.15, -0.1) is 0 Å². The second-order valence-electron chi connectivity index (χ2n) is 4.17. The van der Waals surface area contributed by atoms with Crippen LogP contribution in [0.3, 0.4) is 0 Å². The fourth-order valence-corrected chi connectivity index (χ4v) is 3.10. The molecular weight excluding hydrogens is 311 g/mol. The summed E-state index contributed by atoms with van der Waals surface area (Å²) in [5.74, 6) is 1.00. The van der Waals surface area contributed by atoms with Crippen LogP contribution in [0, 0.1) is 5.41 Å². The van der Waals surface area contributed by atoms with Crippen molar-refractivity contribution in [2.24, 2.45) is 10.4 Å². The van der Waals surface area contributed by atoms with E-state index in [9.17, 15) is 0 Å². The molecule has 2 rings (SSSR count). The summed E-state index contributed by atoms with van der Waals surface area (Å²) in [6, 6.07) is 0. The molecule has 80 valence electrons. The number of rotatable bonds is 1. The van der Waals surface area contributed by atoms with Crippen LogP contribution in [0.25, 0.3) is 0 Å². The summed E-state index contributed by atoms with van der Waals surface area (Å²) in [5, 5.41) is 0. The Labute approximate surface area is 101 Å². The van der Waals surface area contributed by atoms with Crippen LogP contribution >= 0.6 is 30.4 Å². The average molecular weight is 326 g/mol. The van der Waals surface area contributed by atoms with Gasteiger partial charge in [0.15, 0.2) is 0 Å². The Hall–Kier alpha value is 0.510. The zero-order chi connectivity index (χ0) is 10.0. The van der Waals surface area contributed by atoms with Gasteiger partial charge in [-0.1, -0.05) is 0 Å². The first-order chi connectivity index (χ1) is 6.77. The van der Waals surface area contributed by atoms with E-state index < -0.39 is 0 Å². The lowest BCUT2D eigenvalue weighted by Gasteiger charge is -2.37. The van der Waals surface area contributed by atoms with Gasteiger partial charge in [-0.3, -0.25) is 4.99 Å². The van der Waals surface area contributed by atoms with Crippen LogP contribution in [0.4, 0.5) is 0 Å². The molecule has 0 saturated carbocycles. The molecule has 0 unspecified atom stereocenters. The number of hydrogen-bond donors (Lipinski definition) is 0. The third-order valence-electron chi connectivity index (χ3n) is 3.35. The predicted octanol–water partition coefficient (Wildman–Crippen LogP) is 2.52. The molecule has 1 spiro atoms. The van der Waals surface area contributed by atoms with Crippen molar-refractivity contribution in [2.75, 3.05) is 26.7 Å². The molecule has 0 aromatic rings. The Morgan fingerprint density at radius 2 is 2.14 bits per heavy atom. The van der Waals surface area contributed by atoms with Gasteiger partial charge in [-0.2, -0.15) is 0 Å². The zero-order valence-electron chi connectivity index (χ0n) is 8.33. The van der Waals surface area contributed by atoms with Gasteiger partial charge in [0.05, 0.1) is 5.41 Å². The van der Waals surface area contributed by atoms with Crippen LogP contribution < -0.4 is 0 Å². The Balaban J connectivity index is 2.04. The first-order valence-corrected chi connectivity index (χ1v) is 8.24. The third kappa shape index (κ3) is 2.04. The average Bonchev–Trinajstić information content (AvgIpc) is 2.56. The molecule has 5 heteroatoms. The standard InChI is InChI=1S/C9H15IN2OS/c1-12-6-3-9(4-7-12)2-5-11-8(9)13-14-10/h2-7H2,1H3. The summed E-state index contributed by atoms with van der Waals surface area (Å²) in [5.41, 5.74) is 0.282. The highest BCUT2D eigenvalue weighted by atomic mass is 127. The maximum Gasteiger partial charge on any atom is 0.206 e. The SMILES string of the molecule is CN1CCC2(CCN=C2OSI)CC1. The van der Waals surface area contributed by atoms with Gasteiger partial charge in [0.1, 0.15) is 9.21 Å². The lowest BCUT2D eigenvalue weighted by atomic mass is 9.77. The Bertz CT molecular complexity index is 239. The maximum absolute atomic E-state index is 5.57. The molecule has 2 aliphatic heterocycles. The topological polar surface area (TPSA) is 24.8 Å². The highest BCUT2D eigenvalue weighted by molar-refractivity contribution is 14.2. The number of likely N-dealkylation sites (tertiary alicyclic amines) is 1. The van der Waals surface area contributed by atoms with Crippen molar-refractivity contribution in [3.63, 3.8) is 0 Å². The molecule has 3 nitrogen and oxygen atoms in total. The van der Waals surface area contributed by atoms with E-state index in [1.807, 2.05) is 0 Å². The van der Waals surface area contributed by atoms with Crippen molar-refractivity contribution in [1.82, 2.24) is 4.90 Å². The van der Waals surface area contributed by atoms with Crippen LogP contribution in [-0.4, -0.2) is 37.5 Å². The van der Waals surface area contributed by atoms with E-state index in [4.69, 9.17) is 4.18 Å². The normalized spacial score (nSPS) is 26.6. The lowest BCUT2D eigenvalue weighted by molar-refractivity contribution is 0.170. The minimum atomic E-state index is 0.282. The monoisotopic (exact) mass is 326 g/mol. The molecule has 14 heavy (non-hydrogen) atoms. The second-order valence-corrected chi connectivity index (χ2v) is 5.54. The highest BCUT2D eigenvalue weighted by Crippen LogP contribution is 2.41. The van der Waals surface area contributed by atoms with Crippen molar-refractivity contribution >= 4 is 36.3 Å². The third-order valence-corrected chi connectivity index (χ3v) is 4.11. The van der Waals surface area contributed by atoms with Crippen molar-refractivity contribution in [3.05, 3.63) is 0 Å².